The SMILES string of the molecule is CC(=O)CNC(=O)c1cc2sccc2s1. The van der Waals surface area contributed by atoms with E-state index in [0.29, 0.717) is 4.88 Å². The molecule has 0 fully saturated rings. The Hall–Kier alpha value is -1.20. The van der Waals surface area contributed by atoms with Gasteiger partial charge in [0, 0.05) is 9.40 Å². The van der Waals surface area contributed by atoms with Crippen LogP contribution in [0.15, 0.2) is 17.5 Å². The van der Waals surface area contributed by atoms with Crippen LogP contribution in [0.3, 0.4) is 0 Å². The number of rotatable bonds is 3. The van der Waals surface area contributed by atoms with Crippen LogP contribution in [0.4, 0.5) is 0 Å². The maximum absolute atomic E-state index is 11.6. The highest BCUT2D eigenvalue weighted by Crippen LogP contribution is 2.29. The fourth-order valence-corrected chi connectivity index (χ4v) is 3.19. The van der Waals surface area contributed by atoms with Gasteiger partial charge in [-0.1, -0.05) is 0 Å². The Morgan fingerprint density at radius 3 is 2.87 bits per heavy atom. The van der Waals surface area contributed by atoms with Crippen LogP contribution in [0, 0.1) is 0 Å². The first-order valence-electron chi connectivity index (χ1n) is 4.41. The molecule has 0 bridgehead atoms. The molecule has 0 atom stereocenters. The molecule has 15 heavy (non-hydrogen) atoms. The summed E-state index contributed by atoms with van der Waals surface area (Å²) in [6.07, 6.45) is 0. The highest BCUT2D eigenvalue weighted by atomic mass is 32.1. The first-order valence-corrected chi connectivity index (χ1v) is 6.11. The van der Waals surface area contributed by atoms with Gasteiger partial charge >= 0.3 is 0 Å². The normalized spacial score (nSPS) is 10.5. The third-order valence-electron chi connectivity index (χ3n) is 1.86. The second-order valence-electron chi connectivity index (χ2n) is 3.14. The summed E-state index contributed by atoms with van der Waals surface area (Å²) in [7, 11) is 0. The number of thiophene rings is 2. The Balaban J connectivity index is 2.13. The lowest BCUT2D eigenvalue weighted by Gasteiger charge is -1.98. The number of hydrogen-bond acceptors (Lipinski definition) is 4. The second-order valence-corrected chi connectivity index (χ2v) is 5.18. The van der Waals surface area contributed by atoms with Crippen LogP contribution in [-0.4, -0.2) is 18.2 Å². The molecule has 0 spiro atoms. The second kappa shape index (κ2) is 4.12. The maximum Gasteiger partial charge on any atom is 0.261 e. The molecular weight excluding hydrogens is 230 g/mol. The summed E-state index contributed by atoms with van der Waals surface area (Å²) in [5.74, 6) is -0.208. The topological polar surface area (TPSA) is 46.2 Å². The molecule has 2 heterocycles. The molecule has 0 aliphatic carbocycles. The van der Waals surface area contributed by atoms with Gasteiger partial charge in [0.15, 0.2) is 0 Å². The molecule has 0 radical (unpaired) electrons. The lowest BCUT2D eigenvalue weighted by atomic mass is 10.4. The molecule has 1 N–H and O–H groups in total. The van der Waals surface area contributed by atoms with E-state index in [4.69, 9.17) is 0 Å². The molecule has 78 valence electrons. The van der Waals surface area contributed by atoms with E-state index in [1.807, 2.05) is 17.5 Å². The van der Waals surface area contributed by atoms with Crippen molar-refractivity contribution in [2.75, 3.05) is 6.54 Å². The number of fused-ring (bicyclic) bond motifs is 1. The lowest BCUT2D eigenvalue weighted by molar-refractivity contribution is -0.116. The summed E-state index contributed by atoms with van der Waals surface area (Å²) >= 11 is 3.06. The summed E-state index contributed by atoms with van der Waals surface area (Å²) in [5.41, 5.74) is 0. The van der Waals surface area contributed by atoms with Crippen LogP contribution in [0.2, 0.25) is 0 Å². The number of Topliss-reactive ketones (excluding diaryl/α,β-unsaturated/α-hetero) is 1. The van der Waals surface area contributed by atoms with Gasteiger partial charge in [-0.3, -0.25) is 9.59 Å². The van der Waals surface area contributed by atoms with Gasteiger partial charge in [-0.15, -0.1) is 22.7 Å². The quantitative estimate of drug-likeness (QED) is 0.893. The highest BCUT2D eigenvalue weighted by molar-refractivity contribution is 7.27. The minimum absolute atomic E-state index is 0.0401. The van der Waals surface area contributed by atoms with Crippen molar-refractivity contribution in [3.8, 4) is 0 Å². The third kappa shape index (κ3) is 2.24. The zero-order chi connectivity index (χ0) is 10.8. The van der Waals surface area contributed by atoms with Gasteiger partial charge in [0.1, 0.15) is 5.78 Å². The van der Waals surface area contributed by atoms with Gasteiger partial charge in [-0.2, -0.15) is 0 Å². The minimum Gasteiger partial charge on any atom is -0.344 e. The van der Waals surface area contributed by atoms with Crippen molar-refractivity contribution in [1.29, 1.82) is 0 Å². The summed E-state index contributed by atoms with van der Waals surface area (Å²) in [4.78, 5) is 22.9. The van der Waals surface area contributed by atoms with Crippen molar-refractivity contribution >= 4 is 43.8 Å². The van der Waals surface area contributed by atoms with E-state index in [1.165, 1.54) is 18.3 Å². The number of amides is 1. The van der Waals surface area contributed by atoms with Crippen LogP contribution >= 0.6 is 22.7 Å². The number of carbonyl (C=O) groups excluding carboxylic acids is 2. The van der Waals surface area contributed by atoms with Crippen LogP contribution in [0.5, 0.6) is 0 Å². The summed E-state index contributed by atoms with van der Waals surface area (Å²) < 4.78 is 2.24. The molecule has 2 aromatic heterocycles. The largest absolute Gasteiger partial charge is 0.344 e. The zero-order valence-electron chi connectivity index (χ0n) is 8.07. The fourth-order valence-electron chi connectivity index (χ4n) is 1.17. The van der Waals surface area contributed by atoms with Gasteiger partial charge in [-0.25, -0.2) is 0 Å². The molecule has 0 aliphatic rings. The highest BCUT2D eigenvalue weighted by Gasteiger charge is 2.10. The first-order chi connectivity index (χ1) is 7.16. The smallest absolute Gasteiger partial charge is 0.261 e. The molecule has 0 aromatic carbocycles. The predicted molar refractivity (Wildman–Crippen MR) is 62.7 cm³/mol. The van der Waals surface area contributed by atoms with Crippen LogP contribution < -0.4 is 5.32 Å². The van der Waals surface area contributed by atoms with E-state index in [0.717, 1.165) is 9.40 Å². The van der Waals surface area contributed by atoms with Gasteiger partial charge in [0.05, 0.1) is 11.4 Å². The van der Waals surface area contributed by atoms with Gasteiger partial charge in [-0.05, 0) is 24.4 Å². The standard InChI is InChI=1S/C10H9NO2S2/c1-6(12)5-11-10(13)9-4-8-7(15-9)2-3-14-8/h2-4H,5H2,1H3,(H,11,13). The molecule has 0 unspecified atom stereocenters. The van der Waals surface area contributed by atoms with Crippen LogP contribution in [0.1, 0.15) is 16.6 Å². The molecule has 0 saturated heterocycles. The average molecular weight is 239 g/mol. The number of nitrogens with one attached hydrogen (secondary N) is 1. The van der Waals surface area contributed by atoms with Gasteiger partial charge in [0.25, 0.3) is 5.91 Å². The summed E-state index contributed by atoms with van der Waals surface area (Å²) in [5, 5.41) is 4.57. The Morgan fingerprint density at radius 2 is 2.20 bits per heavy atom. The number of carbonyl (C=O) groups is 2. The third-order valence-corrected chi connectivity index (χ3v) is 3.95. The molecule has 0 aliphatic heterocycles. The lowest BCUT2D eigenvalue weighted by Crippen LogP contribution is -2.27. The van der Waals surface area contributed by atoms with Crippen LogP contribution in [-0.2, 0) is 4.79 Å². The van der Waals surface area contributed by atoms with Crippen molar-refractivity contribution in [2.24, 2.45) is 0 Å². The van der Waals surface area contributed by atoms with Gasteiger partial charge in [0.2, 0.25) is 0 Å². The van der Waals surface area contributed by atoms with Crippen molar-refractivity contribution in [1.82, 2.24) is 5.32 Å². The summed E-state index contributed by atoms with van der Waals surface area (Å²) in [6.45, 7) is 1.55. The molecule has 2 rings (SSSR count). The van der Waals surface area contributed by atoms with E-state index >= 15 is 0 Å². The first kappa shape index (κ1) is 10.3. The molecule has 0 saturated carbocycles. The Kier molecular flexibility index (Phi) is 2.83. The molecule has 2 aromatic rings. The molecule has 5 heteroatoms. The number of ketones is 1. The van der Waals surface area contributed by atoms with Crippen molar-refractivity contribution in [2.45, 2.75) is 6.92 Å². The predicted octanol–water partition coefficient (Wildman–Crippen LogP) is 2.28. The zero-order valence-corrected chi connectivity index (χ0v) is 9.71. The average Bonchev–Trinajstić information content (AvgIpc) is 2.72. The van der Waals surface area contributed by atoms with Crippen molar-refractivity contribution in [3.63, 3.8) is 0 Å². The maximum atomic E-state index is 11.6. The Morgan fingerprint density at radius 1 is 1.40 bits per heavy atom. The molecule has 3 nitrogen and oxygen atoms in total. The van der Waals surface area contributed by atoms with E-state index < -0.39 is 0 Å². The van der Waals surface area contributed by atoms with E-state index in [1.54, 1.807) is 11.3 Å². The minimum atomic E-state index is -0.168. The van der Waals surface area contributed by atoms with Gasteiger partial charge < -0.3 is 5.32 Å². The van der Waals surface area contributed by atoms with Crippen molar-refractivity contribution in [3.05, 3.63) is 22.4 Å². The molecule has 1 amide bonds. The summed E-state index contributed by atoms with van der Waals surface area (Å²) in [6, 6.07) is 3.85. The Labute approximate surface area is 94.7 Å². The number of hydrogen-bond donors (Lipinski definition) is 1. The Bertz CT molecular complexity index is 484. The monoisotopic (exact) mass is 239 g/mol. The van der Waals surface area contributed by atoms with E-state index in [-0.39, 0.29) is 18.2 Å². The fraction of sp³-hybridized carbons (Fsp3) is 0.200. The van der Waals surface area contributed by atoms with Crippen LogP contribution in [0.25, 0.3) is 9.40 Å². The van der Waals surface area contributed by atoms with Crippen molar-refractivity contribution < 1.29 is 9.59 Å². The van der Waals surface area contributed by atoms with E-state index in [2.05, 4.69) is 5.32 Å². The molecular formula is C10H9NO2S2. The van der Waals surface area contributed by atoms with E-state index in [9.17, 15) is 9.59 Å².